The number of nitrogens with one attached hydrogen (secondary N) is 1. The summed E-state index contributed by atoms with van der Waals surface area (Å²) in [7, 11) is -3.96. The van der Waals surface area contributed by atoms with Gasteiger partial charge in [-0.1, -0.05) is 0 Å². The number of sulfonamides is 1. The minimum Gasteiger partial charge on any atom is -0.476 e. The topological polar surface area (TPSA) is 109 Å². The molecule has 3 rings (SSSR count). The third kappa shape index (κ3) is 2.30. The first kappa shape index (κ1) is 13.5. The van der Waals surface area contributed by atoms with Gasteiger partial charge in [-0.2, -0.15) is 0 Å². The van der Waals surface area contributed by atoms with Gasteiger partial charge in [0, 0.05) is 4.88 Å². The van der Waals surface area contributed by atoms with Crippen molar-refractivity contribution < 1.29 is 18.3 Å². The van der Waals surface area contributed by atoms with Gasteiger partial charge in [-0.25, -0.2) is 23.2 Å². The van der Waals surface area contributed by atoms with E-state index in [1.165, 1.54) is 16.8 Å². The molecular formula is C10H9N3O4S3. The van der Waals surface area contributed by atoms with Crippen LogP contribution < -0.4 is 4.72 Å². The molecule has 0 spiro atoms. The van der Waals surface area contributed by atoms with Crippen LogP contribution in [0.4, 0.5) is 5.13 Å². The van der Waals surface area contributed by atoms with E-state index in [0.29, 0.717) is 0 Å². The van der Waals surface area contributed by atoms with Crippen LogP contribution in [0, 0.1) is 0 Å². The van der Waals surface area contributed by atoms with Crippen LogP contribution in [0.5, 0.6) is 0 Å². The molecule has 7 nitrogen and oxygen atoms in total. The number of aryl methyl sites for hydroxylation is 2. The molecule has 0 aromatic carbocycles. The van der Waals surface area contributed by atoms with Crippen LogP contribution in [0.25, 0.3) is 0 Å². The fourth-order valence-electron chi connectivity index (χ4n) is 1.96. The highest BCUT2D eigenvalue weighted by Gasteiger charge is 2.27. The van der Waals surface area contributed by atoms with Gasteiger partial charge in [-0.15, -0.1) is 22.7 Å². The van der Waals surface area contributed by atoms with Gasteiger partial charge in [0.2, 0.25) is 0 Å². The summed E-state index contributed by atoms with van der Waals surface area (Å²) in [6, 6.07) is 0. The van der Waals surface area contributed by atoms with Gasteiger partial charge in [0.15, 0.2) is 15.0 Å². The lowest BCUT2D eigenvalue weighted by molar-refractivity contribution is 0.0687. The summed E-state index contributed by atoms with van der Waals surface area (Å²) in [6.07, 6.45) is 2.81. The van der Waals surface area contributed by atoms with E-state index in [-0.39, 0.29) is 9.34 Å². The molecule has 0 amide bonds. The van der Waals surface area contributed by atoms with Crippen molar-refractivity contribution in [3.8, 4) is 0 Å². The maximum absolute atomic E-state index is 12.2. The highest BCUT2D eigenvalue weighted by molar-refractivity contribution is 7.94. The zero-order chi connectivity index (χ0) is 14.3. The van der Waals surface area contributed by atoms with Crippen molar-refractivity contribution in [1.82, 2.24) is 9.97 Å². The van der Waals surface area contributed by atoms with Crippen molar-refractivity contribution in [2.24, 2.45) is 0 Å². The molecule has 2 aromatic rings. The molecule has 0 fully saturated rings. The Morgan fingerprint density at radius 3 is 2.90 bits per heavy atom. The second-order valence-corrected chi connectivity index (χ2v) is 7.96. The summed E-state index contributed by atoms with van der Waals surface area (Å²) in [5.41, 5.74) is 1.65. The monoisotopic (exact) mass is 331 g/mol. The first-order chi connectivity index (χ1) is 9.47. The Kier molecular flexibility index (Phi) is 3.22. The van der Waals surface area contributed by atoms with Gasteiger partial charge in [-0.3, -0.25) is 4.72 Å². The largest absolute Gasteiger partial charge is 0.476 e. The molecule has 0 radical (unpaired) electrons. The van der Waals surface area contributed by atoms with E-state index in [0.717, 1.165) is 41.2 Å². The Labute approximate surface area is 122 Å². The van der Waals surface area contributed by atoms with Crippen LogP contribution in [0.1, 0.15) is 27.5 Å². The summed E-state index contributed by atoms with van der Waals surface area (Å²) >= 11 is 2.07. The van der Waals surface area contributed by atoms with Crippen molar-refractivity contribution in [2.75, 3.05) is 4.72 Å². The van der Waals surface area contributed by atoms with Crippen LogP contribution in [-0.4, -0.2) is 29.5 Å². The summed E-state index contributed by atoms with van der Waals surface area (Å²) in [5, 5.41) is 9.20. The lowest BCUT2D eigenvalue weighted by Gasteiger charge is -2.03. The number of aromatic nitrogens is 2. The number of hydrogen-bond donors (Lipinski definition) is 2. The minimum absolute atomic E-state index is 0.277. The Hall–Kier alpha value is -1.52. The first-order valence-corrected chi connectivity index (χ1v) is 8.83. The predicted octanol–water partition coefficient (Wildman–Crippen LogP) is 1.59. The Bertz CT molecular complexity index is 756. The third-order valence-corrected chi connectivity index (χ3v) is 6.71. The van der Waals surface area contributed by atoms with Crippen molar-refractivity contribution in [2.45, 2.75) is 23.5 Å². The second-order valence-electron chi connectivity index (χ2n) is 4.14. The SMILES string of the molecule is O=C(O)c1ncsc1S(=O)(=O)Nc1nc2c(s1)CCC2. The van der Waals surface area contributed by atoms with Crippen LogP contribution in [0.2, 0.25) is 0 Å². The van der Waals surface area contributed by atoms with Gasteiger partial charge in [0.05, 0.1) is 11.2 Å². The molecule has 20 heavy (non-hydrogen) atoms. The Morgan fingerprint density at radius 2 is 2.20 bits per heavy atom. The number of nitrogens with zero attached hydrogens (tertiary/aromatic N) is 2. The number of thiazole rings is 2. The molecule has 0 aliphatic heterocycles. The molecule has 0 atom stereocenters. The summed E-state index contributed by atoms with van der Waals surface area (Å²) in [4.78, 5) is 19.8. The van der Waals surface area contributed by atoms with E-state index in [4.69, 9.17) is 5.11 Å². The molecule has 0 unspecified atom stereocenters. The molecule has 1 aliphatic carbocycles. The normalized spacial score (nSPS) is 14.2. The highest BCUT2D eigenvalue weighted by Crippen LogP contribution is 2.32. The molecular weight excluding hydrogens is 322 g/mol. The Balaban J connectivity index is 1.92. The van der Waals surface area contributed by atoms with E-state index >= 15 is 0 Å². The highest BCUT2D eigenvalue weighted by atomic mass is 32.2. The van der Waals surface area contributed by atoms with Crippen molar-refractivity contribution in [3.05, 3.63) is 21.8 Å². The number of carboxylic acid groups (broad SMARTS) is 1. The molecule has 1 aliphatic rings. The van der Waals surface area contributed by atoms with E-state index in [9.17, 15) is 13.2 Å². The number of carbonyl (C=O) groups is 1. The molecule has 2 aromatic heterocycles. The van der Waals surface area contributed by atoms with Gasteiger partial charge in [-0.05, 0) is 19.3 Å². The van der Waals surface area contributed by atoms with Crippen LogP contribution >= 0.6 is 22.7 Å². The summed E-state index contributed by atoms with van der Waals surface area (Å²) in [5.74, 6) is -1.37. The van der Waals surface area contributed by atoms with Gasteiger partial charge in [0.1, 0.15) is 0 Å². The maximum Gasteiger partial charge on any atom is 0.356 e. The van der Waals surface area contributed by atoms with E-state index in [2.05, 4.69) is 14.7 Å². The molecule has 0 bridgehead atoms. The Morgan fingerprint density at radius 1 is 1.40 bits per heavy atom. The number of hydrogen-bond acceptors (Lipinski definition) is 7. The predicted molar refractivity (Wildman–Crippen MR) is 74.0 cm³/mol. The number of anilines is 1. The van der Waals surface area contributed by atoms with Crippen molar-refractivity contribution >= 4 is 43.8 Å². The van der Waals surface area contributed by atoms with Gasteiger partial charge < -0.3 is 5.11 Å². The van der Waals surface area contributed by atoms with E-state index in [1.54, 1.807) is 0 Å². The fraction of sp³-hybridized carbons (Fsp3) is 0.300. The zero-order valence-corrected chi connectivity index (χ0v) is 12.4. The third-order valence-electron chi connectivity index (χ3n) is 2.80. The minimum atomic E-state index is -3.96. The van der Waals surface area contributed by atoms with Gasteiger partial charge in [0.25, 0.3) is 10.0 Å². The fourth-order valence-corrected chi connectivity index (χ4v) is 5.39. The molecule has 2 heterocycles. The number of carboxylic acids is 1. The average molecular weight is 331 g/mol. The quantitative estimate of drug-likeness (QED) is 0.880. The molecule has 0 saturated carbocycles. The number of aromatic carboxylic acids is 1. The number of fused-ring (bicyclic) bond motifs is 1. The lowest BCUT2D eigenvalue weighted by atomic mass is 10.4. The van der Waals surface area contributed by atoms with Crippen molar-refractivity contribution in [3.63, 3.8) is 0 Å². The molecule has 106 valence electrons. The molecule has 0 saturated heterocycles. The van der Waals surface area contributed by atoms with Crippen LogP contribution in [0.15, 0.2) is 9.72 Å². The maximum atomic E-state index is 12.2. The van der Waals surface area contributed by atoms with Crippen LogP contribution in [-0.2, 0) is 22.9 Å². The summed E-state index contributed by atoms with van der Waals surface area (Å²) < 4.78 is 26.4. The zero-order valence-electron chi connectivity index (χ0n) is 9.99. The average Bonchev–Trinajstić information content (AvgIpc) is 3.00. The van der Waals surface area contributed by atoms with Crippen molar-refractivity contribution in [1.29, 1.82) is 0 Å². The second kappa shape index (κ2) is 4.79. The van der Waals surface area contributed by atoms with E-state index in [1.807, 2.05) is 0 Å². The molecule has 2 N–H and O–H groups in total. The number of rotatable bonds is 4. The van der Waals surface area contributed by atoms with E-state index < -0.39 is 21.7 Å². The molecule has 10 heteroatoms. The summed E-state index contributed by atoms with van der Waals surface area (Å²) in [6.45, 7) is 0. The van der Waals surface area contributed by atoms with Crippen LogP contribution in [0.3, 0.4) is 0 Å². The first-order valence-electron chi connectivity index (χ1n) is 5.65. The standard InChI is InChI=1S/C10H9N3O4S3/c14-8(15)7-9(18-4-11-7)20(16,17)13-10-12-5-2-1-3-6(5)19-10/h4H,1-3H2,(H,12,13)(H,14,15). The smallest absolute Gasteiger partial charge is 0.356 e. The lowest BCUT2D eigenvalue weighted by Crippen LogP contribution is -2.15. The van der Waals surface area contributed by atoms with Gasteiger partial charge >= 0.3 is 5.97 Å².